The first-order valence-corrected chi connectivity index (χ1v) is 24.4. The standard InChI is InChI=1S/C27H20N3O.C17H22GeN.Ir/c1-16-8-6-9-17(2)24(16)30-23-13-5-4-12-22(23)29-26(30)21-11-7-10-19-20-15-14-18(3)28-27(20)31-25(19)21;1-13(2)14-6-8-15(9-7-14)17-11-10-16(12-19-17)18(3,4)5;/h4-10,12-15H,1-3H3;6-8,10-13H,1-5H3;/q2*-1;/i;13D;. The zero-order chi connectivity index (χ0) is 36.1. The Kier molecular flexibility index (Phi) is 10.1. The summed E-state index contributed by atoms with van der Waals surface area (Å²) in [4.78, 5) is 14.2. The van der Waals surface area contributed by atoms with Gasteiger partial charge >= 0.3 is 120 Å². The van der Waals surface area contributed by atoms with Crippen molar-refractivity contribution in [2.24, 2.45) is 0 Å². The van der Waals surface area contributed by atoms with Gasteiger partial charge in [-0.05, 0) is 56.2 Å². The van der Waals surface area contributed by atoms with Crippen LogP contribution < -0.4 is 4.40 Å². The Morgan fingerprint density at radius 1 is 0.804 bits per heavy atom. The zero-order valence-corrected chi connectivity index (χ0v) is 34.8. The predicted octanol–water partition coefficient (Wildman–Crippen LogP) is 10.9. The summed E-state index contributed by atoms with van der Waals surface area (Å²) in [7, 11) is 0. The van der Waals surface area contributed by atoms with Crippen molar-refractivity contribution in [1.29, 1.82) is 0 Å². The molecule has 0 bridgehead atoms. The Balaban J connectivity index is 0.000000193. The molecule has 4 aromatic heterocycles. The first kappa shape index (κ1) is 35.1. The van der Waals surface area contributed by atoms with Crippen molar-refractivity contribution in [2.75, 3.05) is 0 Å². The number of nitrogens with zero attached hydrogens (tertiary/aromatic N) is 4. The van der Waals surface area contributed by atoms with Gasteiger partial charge in [0.05, 0.1) is 22.4 Å². The Morgan fingerprint density at radius 2 is 1.57 bits per heavy atom. The summed E-state index contributed by atoms with van der Waals surface area (Å²) in [5, 5.41) is 2.03. The van der Waals surface area contributed by atoms with E-state index in [0.29, 0.717) is 5.71 Å². The smallest absolute Gasteiger partial charge is 0 e. The van der Waals surface area contributed by atoms with Gasteiger partial charge in [0.1, 0.15) is 0 Å². The van der Waals surface area contributed by atoms with Crippen molar-refractivity contribution in [2.45, 2.75) is 57.8 Å². The van der Waals surface area contributed by atoms with Gasteiger partial charge in [-0.25, -0.2) is 4.98 Å². The zero-order valence-electron chi connectivity index (χ0n) is 31.3. The summed E-state index contributed by atoms with van der Waals surface area (Å²) in [5.41, 5.74) is 11.6. The number of hydrogen-bond donors (Lipinski definition) is 0. The Bertz CT molecular complexity index is 2450. The summed E-state index contributed by atoms with van der Waals surface area (Å²) in [6.07, 6.45) is 2.02. The molecular weight excluding hydrogens is 865 g/mol. The van der Waals surface area contributed by atoms with Crippen molar-refractivity contribution in [3.05, 3.63) is 138 Å². The molecule has 0 atom stereocenters. The van der Waals surface area contributed by atoms with Crippen molar-refractivity contribution in [1.82, 2.24) is 19.5 Å². The van der Waals surface area contributed by atoms with Gasteiger partial charge in [0.15, 0.2) is 0 Å². The van der Waals surface area contributed by atoms with Crippen molar-refractivity contribution in [3.63, 3.8) is 0 Å². The molecule has 5 nitrogen and oxygen atoms in total. The molecule has 0 aliphatic heterocycles. The molecular formula is C44H42GeIrN4O-2. The van der Waals surface area contributed by atoms with E-state index in [-0.39, 0.29) is 20.1 Å². The molecule has 4 aromatic carbocycles. The molecule has 0 saturated heterocycles. The molecule has 0 aliphatic rings. The minimum Gasteiger partial charge on any atom is 0 e. The fourth-order valence-electron chi connectivity index (χ4n) is 6.35. The van der Waals surface area contributed by atoms with Crippen molar-refractivity contribution in [3.8, 4) is 28.3 Å². The van der Waals surface area contributed by atoms with Crippen LogP contribution in [-0.4, -0.2) is 32.8 Å². The van der Waals surface area contributed by atoms with Crippen LogP contribution in [0.4, 0.5) is 0 Å². The van der Waals surface area contributed by atoms with Crippen LogP contribution in [0.3, 0.4) is 0 Å². The van der Waals surface area contributed by atoms with Crippen molar-refractivity contribution < 1.29 is 25.9 Å². The molecule has 0 N–H and O–H groups in total. The van der Waals surface area contributed by atoms with Crippen LogP contribution in [0.1, 0.15) is 43.5 Å². The molecule has 0 unspecified atom stereocenters. The van der Waals surface area contributed by atoms with Gasteiger partial charge in [0.2, 0.25) is 5.71 Å². The summed E-state index contributed by atoms with van der Waals surface area (Å²) < 4.78 is 17.9. The first-order valence-electron chi connectivity index (χ1n) is 17.5. The second-order valence-electron chi connectivity index (χ2n) is 14.2. The number of imidazole rings is 1. The normalized spacial score (nSPS) is 12.0. The Morgan fingerprint density at radius 3 is 2.24 bits per heavy atom. The van der Waals surface area contributed by atoms with E-state index in [0.717, 1.165) is 67.0 Å². The molecule has 259 valence electrons. The van der Waals surface area contributed by atoms with Crippen LogP contribution >= 0.6 is 0 Å². The number of aryl methyl sites for hydroxylation is 3. The third-order valence-electron chi connectivity index (χ3n) is 9.18. The molecule has 0 aliphatic carbocycles. The van der Waals surface area contributed by atoms with Crippen LogP contribution in [0.2, 0.25) is 17.3 Å². The predicted molar refractivity (Wildman–Crippen MR) is 210 cm³/mol. The Hall–Kier alpha value is -4.36. The van der Waals surface area contributed by atoms with E-state index in [1.807, 2.05) is 75.5 Å². The maximum Gasteiger partial charge on any atom is 0 e. The van der Waals surface area contributed by atoms with Gasteiger partial charge in [-0.2, -0.15) is 0 Å². The van der Waals surface area contributed by atoms with Crippen LogP contribution in [0.5, 0.6) is 0 Å². The number of benzene rings is 4. The van der Waals surface area contributed by atoms with E-state index in [9.17, 15) is 0 Å². The minimum absolute atomic E-state index is 0. The molecule has 4 heterocycles. The van der Waals surface area contributed by atoms with E-state index < -0.39 is 19.2 Å². The van der Waals surface area contributed by atoms with Gasteiger partial charge < -0.3 is 8.98 Å². The van der Waals surface area contributed by atoms with Gasteiger partial charge in [-0.1, -0.05) is 41.3 Å². The average molecular weight is 909 g/mol. The fraction of sp³-hybridized carbons (Fsp3) is 0.205. The van der Waals surface area contributed by atoms with Crippen LogP contribution in [-0.2, 0) is 20.1 Å². The Labute approximate surface area is 318 Å². The van der Waals surface area contributed by atoms with E-state index in [1.165, 1.54) is 15.5 Å². The second kappa shape index (κ2) is 14.7. The number of para-hydroxylation sites is 3. The summed E-state index contributed by atoms with van der Waals surface area (Å²) in [6, 6.07) is 39.5. The SMILES string of the molecule is Cc1ccc2c(n1)oc1c(-c3nc4ccccc4n3-c3c(C)cccc3C)[c-]ccc12.[2H]C(C)(C)c1c[c-]c(-c2cc[c]([Ge]([CH3])([CH3])[CH3])cn2)cc1.[Ir]. The molecule has 7 heteroatoms. The second-order valence-corrected chi connectivity index (χ2v) is 24.8. The topological polar surface area (TPSA) is 56.7 Å². The van der Waals surface area contributed by atoms with Crippen molar-refractivity contribution >= 4 is 50.8 Å². The van der Waals surface area contributed by atoms with Gasteiger partial charge in [-0.3, -0.25) is 4.98 Å². The summed E-state index contributed by atoms with van der Waals surface area (Å²) in [6.45, 7) is 10.0. The van der Waals surface area contributed by atoms with E-state index >= 15 is 0 Å². The van der Waals surface area contributed by atoms with Crippen LogP contribution in [0.15, 0.2) is 108 Å². The fourth-order valence-corrected chi connectivity index (χ4v) is 8.52. The summed E-state index contributed by atoms with van der Waals surface area (Å²) in [5.74, 6) is 7.35. The summed E-state index contributed by atoms with van der Waals surface area (Å²) >= 11 is -1.78. The third-order valence-corrected chi connectivity index (χ3v) is 13.4. The first-order chi connectivity index (χ1) is 24.3. The van der Waals surface area contributed by atoms with E-state index in [2.05, 4.69) is 106 Å². The quantitative estimate of drug-likeness (QED) is 0.128. The van der Waals surface area contributed by atoms with E-state index in [1.54, 1.807) is 0 Å². The number of rotatable bonds is 5. The van der Waals surface area contributed by atoms with Gasteiger partial charge in [0.25, 0.3) is 0 Å². The average Bonchev–Trinajstić information content (AvgIpc) is 3.66. The monoisotopic (exact) mass is 910 g/mol. The van der Waals surface area contributed by atoms with Gasteiger partial charge in [0, 0.05) is 36.9 Å². The molecule has 0 fully saturated rings. The number of furan rings is 1. The number of pyridine rings is 2. The molecule has 8 aromatic rings. The largest absolute Gasteiger partial charge is 0 e. The van der Waals surface area contributed by atoms with E-state index in [4.69, 9.17) is 10.8 Å². The molecule has 51 heavy (non-hydrogen) atoms. The number of fused-ring (bicyclic) bond motifs is 4. The molecule has 0 spiro atoms. The molecule has 0 amide bonds. The third kappa shape index (κ3) is 7.23. The molecule has 0 saturated carbocycles. The van der Waals surface area contributed by atoms with Crippen LogP contribution in [0.25, 0.3) is 61.4 Å². The number of aromatic nitrogens is 4. The number of hydrogen-bond acceptors (Lipinski definition) is 4. The van der Waals surface area contributed by atoms with Gasteiger partial charge in [-0.15, -0.1) is 18.2 Å². The molecule has 8 rings (SSSR count). The maximum atomic E-state index is 8.02. The minimum atomic E-state index is -1.78. The maximum absolute atomic E-state index is 8.02. The van der Waals surface area contributed by atoms with Crippen LogP contribution in [0, 0.1) is 32.9 Å². The molecule has 1 radical (unpaired) electrons.